The molecule has 0 saturated carbocycles. The van der Waals surface area contributed by atoms with Crippen LogP contribution in [0, 0.1) is 11.7 Å². The standard InChI is InChI=1S/C24H30FN3O2.2ClH/c1-30-23-7-6-18(15-19(23)14-17-8-11-26-16-17)24(29)27-20-9-12-28(13-10-20)22-5-3-2-4-21(22)25;;/h2-7,15,17,20,26H,8-14,16H2,1H3,(H,27,29);2*1H. The Bertz CT molecular complexity index is 885. The summed E-state index contributed by atoms with van der Waals surface area (Å²) >= 11 is 0. The quantitative estimate of drug-likeness (QED) is 0.645. The maximum atomic E-state index is 14.0. The van der Waals surface area contributed by atoms with E-state index in [0.717, 1.165) is 63.2 Å². The number of halogens is 3. The van der Waals surface area contributed by atoms with Crippen LogP contribution in [0.3, 0.4) is 0 Å². The van der Waals surface area contributed by atoms with Crippen LogP contribution in [0.25, 0.3) is 0 Å². The van der Waals surface area contributed by atoms with Gasteiger partial charge in [-0.2, -0.15) is 0 Å². The van der Waals surface area contributed by atoms with Crippen molar-refractivity contribution in [3.8, 4) is 5.75 Å². The molecule has 2 heterocycles. The van der Waals surface area contributed by atoms with Gasteiger partial charge >= 0.3 is 0 Å². The number of nitrogens with one attached hydrogen (secondary N) is 2. The van der Waals surface area contributed by atoms with Gasteiger partial charge in [0.15, 0.2) is 0 Å². The largest absolute Gasteiger partial charge is 0.496 e. The molecule has 5 nitrogen and oxygen atoms in total. The Morgan fingerprint density at radius 1 is 1.16 bits per heavy atom. The molecule has 0 aromatic heterocycles. The Balaban J connectivity index is 0.00000181. The van der Waals surface area contributed by atoms with Gasteiger partial charge in [0.05, 0.1) is 12.8 Å². The number of ether oxygens (including phenoxy) is 1. The zero-order chi connectivity index (χ0) is 20.9. The molecule has 0 radical (unpaired) electrons. The number of anilines is 1. The lowest BCUT2D eigenvalue weighted by molar-refractivity contribution is 0.0931. The van der Waals surface area contributed by atoms with E-state index < -0.39 is 0 Å². The van der Waals surface area contributed by atoms with E-state index in [9.17, 15) is 9.18 Å². The van der Waals surface area contributed by atoms with Gasteiger partial charge in [-0.15, -0.1) is 24.8 Å². The molecule has 8 heteroatoms. The number of rotatable bonds is 6. The Hall–Kier alpha value is -2.02. The molecule has 2 aliphatic rings. The average Bonchev–Trinajstić information content (AvgIpc) is 3.28. The molecule has 2 saturated heterocycles. The van der Waals surface area contributed by atoms with Crippen molar-refractivity contribution in [1.82, 2.24) is 10.6 Å². The number of para-hydroxylation sites is 1. The molecule has 32 heavy (non-hydrogen) atoms. The molecule has 2 aromatic rings. The maximum Gasteiger partial charge on any atom is 0.251 e. The summed E-state index contributed by atoms with van der Waals surface area (Å²) in [5.74, 6) is 1.19. The Labute approximate surface area is 201 Å². The van der Waals surface area contributed by atoms with Gasteiger partial charge in [0.1, 0.15) is 11.6 Å². The highest BCUT2D eigenvalue weighted by atomic mass is 35.5. The van der Waals surface area contributed by atoms with Crippen molar-refractivity contribution < 1.29 is 13.9 Å². The first-order chi connectivity index (χ1) is 14.6. The van der Waals surface area contributed by atoms with E-state index in [1.807, 2.05) is 30.3 Å². The summed E-state index contributed by atoms with van der Waals surface area (Å²) in [6.07, 6.45) is 3.67. The van der Waals surface area contributed by atoms with Gasteiger partial charge in [-0.3, -0.25) is 4.79 Å². The van der Waals surface area contributed by atoms with E-state index in [1.54, 1.807) is 13.2 Å². The minimum atomic E-state index is -0.191. The molecular formula is C24H32Cl2FN3O2. The SMILES string of the molecule is COc1ccc(C(=O)NC2CCN(c3ccccc3F)CC2)cc1CC1CCNC1.Cl.Cl. The van der Waals surface area contributed by atoms with Crippen LogP contribution in [-0.2, 0) is 6.42 Å². The van der Waals surface area contributed by atoms with Gasteiger partial charge in [-0.25, -0.2) is 4.39 Å². The molecule has 2 aromatic carbocycles. The first-order valence-electron chi connectivity index (χ1n) is 10.8. The van der Waals surface area contributed by atoms with Crippen LogP contribution in [0.5, 0.6) is 5.75 Å². The van der Waals surface area contributed by atoms with Crippen LogP contribution >= 0.6 is 24.8 Å². The van der Waals surface area contributed by atoms with Gasteiger partial charge in [-0.1, -0.05) is 12.1 Å². The van der Waals surface area contributed by atoms with Crippen LogP contribution in [0.1, 0.15) is 35.2 Å². The smallest absolute Gasteiger partial charge is 0.251 e. The van der Waals surface area contributed by atoms with Crippen LogP contribution in [0.2, 0.25) is 0 Å². The first-order valence-corrected chi connectivity index (χ1v) is 10.8. The molecule has 0 aliphatic carbocycles. The van der Waals surface area contributed by atoms with Crippen molar-refractivity contribution in [3.05, 3.63) is 59.4 Å². The lowest BCUT2D eigenvalue weighted by Crippen LogP contribution is -2.45. The molecule has 2 N–H and O–H groups in total. The van der Waals surface area contributed by atoms with Crippen molar-refractivity contribution in [2.75, 3.05) is 38.2 Å². The molecule has 4 rings (SSSR count). The van der Waals surface area contributed by atoms with E-state index in [0.29, 0.717) is 17.2 Å². The van der Waals surface area contributed by atoms with Gasteiger partial charge < -0.3 is 20.3 Å². The number of carbonyl (C=O) groups is 1. The zero-order valence-electron chi connectivity index (χ0n) is 18.3. The fourth-order valence-corrected chi connectivity index (χ4v) is 4.52. The number of amides is 1. The van der Waals surface area contributed by atoms with E-state index in [2.05, 4.69) is 15.5 Å². The number of carbonyl (C=O) groups excluding carboxylic acids is 1. The Morgan fingerprint density at radius 2 is 1.91 bits per heavy atom. The van der Waals surface area contributed by atoms with Gasteiger partial charge in [-0.05, 0) is 80.6 Å². The second-order valence-corrected chi connectivity index (χ2v) is 8.28. The molecule has 1 amide bonds. The van der Waals surface area contributed by atoms with Crippen molar-refractivity contribution in [2.45, 2.75) is 31.7 Å². The van der Waals surface area contributed by atoms with E-state index >= 15 is 0 Å². The summed E-state index contributed by atoms with van der Waals surface area (Å²) in [5, 5.41) is 6.56. The van der Waals surface area contributed by atoms with E-state index in [1.165, 1.54) is 6.07 Å². The van der Waals surface area contributed by atoms with E-state index in [-0.39, 0.29) is 42.6 Å². The molecule has 2 aliphatic heterocycles. The highest BCUT2D eigenvalue weighted by molar-refractivity contribution is 5.94. The normalized spacial score (nSPS) is 18.4. The second-order valence-electron chi connectivity index (χ2n) is 8.28. The van der Waals surface area contributed by atoms with Crippen molar-refractivity contribution >= 4 is 36.4 Å². The Kier molecular flexibility index (Phi) is 10.1. The monoisotopic (exact) mass is 483 g/mol. The minimum Gasteiger partial charge on any atom is -0.496 e. The third-order valence-electron chi connectivity index (χ3n) is 6.24. The van der Waals surface area contributed by atoms with Gasteiger partial charge in [0.25, 0.3) is 5.91 Å². The molecule has 1 atom stereocenters. The van der Waals surface area contributed by atoms with E-state index in [4.69, 9.17) is 4.74 Å². The summed E-state index contributed by atoms with van der Waals surface area (Å²) in [5.41, 5.74) is 2.41. The first kappa shape index (κ1) is 26.2. The van der Waals surface area contributed by atoms with Crippen molar-refractivity contribution in [1.29, 1.82) is 0 Å². The van der Waals surface area contributed by atoms with Crippen LogP contribution < -0.4 is 20.3 Å². The number of methoxy groups -OCH3 is 1. The van der Waals surface area contributed by atoms with Gasteiger partial charge in [0.2, 0.25) is 0 Å². The fourth-order valence-electron chi connectivity index (χ4n) is 4.52. The molecule has 0 spiro atoms. The predicted octanol–water partition coefficient (Wildman–Crippen LogP) is 4.23. The molecule has 176 valence electrons. The number of hydrogen-bond acceptors (Lipinski definition) is 4. The summed E-state index contributed by atoms with van der Waals surface area (Å²) < 4.78 is 19.5. The number of nitrogens with zero attached hydrogens (tertiary/aromatic N) is 1. The second kappa shape index (κ2) is 12.3. The highest BCUT2D eigenvalue weighted by Gasteiger charge is 2.23. The minimum absolute atomic E-state index is 0. The number of benzene rings is 2. The lowest BCUT2D eigenvalue weighted by atomic mass is 9.96. The van der Waals surface area contributed by atoms with Crippen LogP contribution in [-0.4, -0.2) is 45.2 Å². The lowest BCUT2D eigenvalue weighted by Gasteiger charge is -2.34. The molecule has 2 fully saturated rings. The zero-order valence-corrected chi connectivity index (χ0v) is 19.9. The molecule has 1 unspecified atom stereocenters. The van der Waals surface area contributed by atoms with Crippen molar-refractivity contribution in [2.24, 2.45) is 5.92 Å². The van der Waals surface area contributed by atoms with Crippen LogP contribution in [0.15, 0.2) is 42.5 Å². The highest BCUT2D eigenvalue weighted by Crippen LogP contribution is 2.26. The summed E-state index contributed by atoms with van der Waals surface area (Å²) in [6.45, 7) is 3.53. The predicted molar refractivity (Wildman–Crippen MR) is 131 cm³/mol. The van der Waals surface area contributed by atoms with Gasteiger partial charge in [0, 0.05) is 24.7 Å². The van der Waals surface area contributed by atoms with Crippen LogP contribution in [0.4, 0.5) is 10.1 Å². The number of piperidine rings is 1. The fraction of sp³-hybridized carbons (Fsp3) is 0.458. The topological polar surface area (TPSA) is 53.6 Å². The summed E-state index contributed by atoms with van der Waals surface area (Å²) in [7, 11) is 1.68. The maximum absolute atomic E-state index is 14.0. The molecular weight excluding hydrogens is 452 g/mol. The molecule has 0 bridgehead atoms. The Morgan fingerprint density at radius 3 is 2.56 bits per heavy atom. The number of hydrogen-bond donors (Lipinski definition) is 2. The third kappa shape index (κ3) is 6.27. The summed E-state index contributed by atoms with van der Waals surface area (Å²) in [4.78, 5) is 14.9. The summed E-state index contributed by atoms with van der Waals surface area (Å²) in [6, 6.07) is 12.7. The average molecular weight is 484 g/mol. The van der Waals surface area contributed by atoms with Crippen molar-refractivity contribution in [3.63, 3.8) is 0 Å². The third-order valence-corrected chi connectivity index (χ3v) is 6.24.